The van der Waals surface area contributed by atoms with Gasteiger partial charge >= 0.3 is 0 Å². The lowest BCUT2D eigenvalue weighted by atomic mass is 10.1. The maximum Gasteiger partial charge on any atom is 0.124 e. The molecular weight excluding hydrogens is 186 g/mol. The third-order valence-electron chi connectivity index (χ3n) is 2.39. The molecule has 0 amide bonds. The van der Waals surface area contributed by atoms with E-state index in [1.54, 1.807) is 0 Å². The molecule has 15 heavy (non-hydrogen) atoms. The zero-order chi connectivity index (χ0) is 10.7. The van der Waals surface area contributed by atoms with Crippen LogP contribution in [0.4, 0.5) is 5.82 Å². The Hall–Kier alpha value is -1.61. The standard InChI is InChI=1S/C12H15N3/c1-2-14-8-9-7-12(13)15-11-6-4-3-5-10(9)11/h3-7,14H,2,8H2,1H3,(H2,13,15). The Labute approximate surface area is 89.3 Å². The van der Waals surface area contributed by atoms with E-state index in [0.29, 0.717) is 5.82 Å². The van der Waals surface area contributed by atoms with Gasteiger partial charge in [-0.05, 0) is 24.2 Å². The van der Waals surface area contributed by atoms with E-state index in [1.165, 1.54) is 10.9 Å². The summed E-state index contributed by atoms with van der Waals surface area (Å²) in [6.45, 7) is 3.88. The number of fused-ring (bicyclic) bond motifs is 1. The number of nitrogens with one attached hydrogen (secondary N) is 1. The van der Waals surface area contributed by atoms with Crippen LogP contribution in [0.25, 0.3) is 10.9 Å². The summed E-state index contributed by atoms with van der Waals surface area (Å²) in [5.41, 5.74) is 7.93. The highest BCUT2D eigenvalue weighted by atomic mass is 14.9. The summed E-state index contributed by atoms with van der Waals surface area (Å²) in [7, 11) is 0. The number of pyridine rings is 1. The molecule has 2 rings (SSSR count). The number of para-hydroxylation sites is 1. The number of benzene rings is 1. The summed E-state index contributed by atoms with van der Waals surface area (Å²) >= 11 is 0. The summed E-state index contributed by atoms with van der Waals surface area (Å²) in [4.78, 5) is 4.29. The highest BCUT2D eigenvalue weighted by Crippen LogP contribution is 2.18. The van der Waals surface area contributed by atoms with Crippen molar-refractivity contribution in [3.8, 4) is 0 Å². The van der Waals surface area contributed by atoms with Crippen molar-refractivity contribution in [1.82, 2.24) is 10.3 Å². The van der Waals surface area contributed by atoms with Crippen molar-refractivity contribution in [2.75, 3.05) is 12.3 Å². The summed E-state index contributed by atoms with van der Waals surface area (Å²) in [5, 5.41) is 4.47. The summed E-state index contributed by atoms with van der Waals surface area (Å²) in [5.74, 6) is 0.585. The Bertz CT molecular complexity index is 465. The molecule has 0 unspecified atom stereocenters. The number of aromatic nitrogens is 1. The maximum atomic E-state index is 5.76. The number of nitrogen functional groups attached to an aromatic ring is 1. The molecule has 0 fully saturated rings. The third kappa shape index (κ3) is 2.07. The number of hydrogen-bond acceptors (Lipinski definition) is 3. The van der Waals surface area contributed by atoms with Gasteiger partial charge in [0.05, 0.1) is 5.52 Å². The first-order valence-corrected chi connectivity index (χ1v) is 5.16. The van der Waals surface area contributed by atoms with Gasteiger partial charge in [-0.3, -0.25) is 0 Å². The van der Waals surface area contributed by atoms with E-state index in [4.69, 9.17) is 5.73 Å². The molecule has 0 aliphatic carbocycles. The fourth-order valence-electron chi connectivity index (χ4n) is 1.68. The number of anilines is 1. The molecule has 3 heteroatoms. The predicted molar refractivity (Wildman–Crippen MR) is 63.5 cm³/mol. The van der Waals surface area contributed by atoms with Gasteiger partial charge in [-0.25, -0.2) is 4.98 Å². The van der Waals surface area contributed by atoms with E-state index >= 15 is 0 Å². The first kappa shape index (κ1) is 9.93. The molecular formula is C12H15N3. The van der Waals surface area contributed by atoms with E-state index < -0.39 is 0 Å². The molecule has 3 nitrogen and oxygen atoms in total. The largest absolute Gasteiger partial charge is 0.384 e. The van der Waals surface area contributed by atoms with Crippen molar-refractivity contribution in [2.24, 2.45) is 0 Å². The zero-order valence-corrected chi connectivity index (χ0v) is 8.83. The third-order valence-corrected chi connectivity index (χ3v) is 2.39. The van der Waals surface area contributed by atoms with Crippen molar-refractivity contribution in [1.29, 1.82) is 0 Å². The molecule has 1 heterocycles. The highest BCUT2D eigenvalue weighted by Gasteiger charge is 2.02. The maximum absolute atomic E-state index is 5.76. The Balaban J connectivity index is 2.50. The smallest absolute Gasteiger partial charge is 0.124 e. The fourth-order valence-corrected chi connectivity index (χ4v) is 1.68. The Morgan fingerprint density at radius 1 is 1.33 bits per heavy atom. The van der Waals surface area contributed by atoms with Gasteiger partial charge in [0.1, 0.15) is 5.82 Å². The predicted octanol–water partition coefficient (Wildman–Crippen LogP) is 1.93. The second-order valence-electron chi connectivity index (χ2n) is 3.50. The lowest BCUT2D eigenvalue weighted by Crippen LogP contribution is -2.12. The number of hydrogen-bond donors (Lipinski definition) is 2. The van der Waals surface area contributed by atoms with Crippen molar-refractivity contribution in [3.05, 3.63) is 35.9 Å². The average Bonchev–Trinajstić information content (AvgIpc) is 2.25. The highest BCUT2D eigenvalue weighted by molar-refractivity contribution is 5.83. The Kier molecular flexibility index (Phi) is 2.83. The second kappa shape index (κ2) is 4.28. The first-order valence-electron chi connectivity index (χ1n) is 5.16. The first-order chi connectivity index (χ1) is 7.31. The van der Waals surface area contributed by atoms with Gasteiger partial charge < -0.3 is 11.1 Å². The normalized spacial score (nSPS) is 10.7. The van der Waals surface area contributed by atoms with E-state index in [9.17, 15) is 0 Å². The van der Waals surface area contributed by atoms with E-state index in [2.05, 4.69) is 23.3 Å². The molecule has 78 valence electrons. The van der Waals surface area contributed by atoms with Gasteiger partial charge in [-0.2, -0.15) is 0 Å². The molecule has 0 atom stereocenters. The summed E-state index contributed by atoms with van der Waals surface area (Å²) in [6.07, 6.45) is 0. The van der Waals surface area contributed by atoms with Gasteiger partial charge in [0, 0.05) is 11.9 Å². The van der Waals surface area contributed by atoms with E-state index in [-0.39, 0.29) is 0 Å². The minimum atomic E-state index is 0.585. The second-order valence-corrected chi connectivity index (χ2v) is 3.50. The van der Waals surface area contributed by atoms with Crippen LogP contribution in [0.3, 0.4) is 0 Å². The summed E-state index contributed by atoms with van der Waals surface area (Å²) < 4.78 is 0. The van der Waals surface area contributed by atoms with Crippen molar-refractivity contribution < 1.29 is 0 Å². The number of rotatable bonds is 3. The van der Waals surface area contributed by atoms with Crippen LogP contribution in [-0.4, -0.2) is 11.5 Å². The minimum absolute atomic E-state index is 0.585. The molecule has 0 saturated carbocycles. The van der Waals surface area contributed by atoms with Crippen LogP contribution in [-0.2, 0) is 6.54 Å². The van der Waals surface area contributed by atoms with Crippen molar-refractivity contribution in [2.45, 2.75) is 13.5 Å². The van der Waals surface area contributed by atoms with Crippen LogP contribution < -0.4 is 11.1 Å². The fraction of sp³-hybridized carbons (Fsp3) is 0.250. The van der Waals surface area contributed by atoms with Crippen LogP contribution in [0.5, 0.6) is 0 Å². The number of nitrogens with zero attached hydrogens (tertiary/aromatic N) is 1. The van der Waals surface area contributed by atoms with Gasteiger partial charge in [0.15, 0.2) is 0 Å². The minimum Gasteiger partial charge on any atom is -0.384 e. The number of nitrogens with two attached hydrogens (primary N) is 1. The molecule has 0 saturated heterocycles. The van der Waals surface area contributed by atoms with Crippen LogP contribution in [0.1, 0.15) is 12.5 Å². The molecule has 0 aliphatic heterocycles. The Morgan fingerprint density at radius 3 is 2.93 bits per heavy atom. The van der Waals surface area contributed by atoms with Crippen molar-refractivity contribution in [3.63, 3.8) is 0 Å². The van der Waals surface area contributed by atoms with Crippen LogP contribution in [0.15, 0.2) is 30.3 Å². The van der Waals surface area contributed by atoms with E-state index in [0.717, 1.165) is 18.6 Å². The molecule has 0 spiro atoms. The molecule has 0 aliphatic rings. The monoisotopic (exact) mass is 201 g/mol. The van der Waals surface area contributed by atoms with Crippen LogP contribution in [0, 0.1) is 0 Å². The Morgan fingerprint density at radius 2 is 2.13 bits per heavy atom. The SMILES string of the molecule is CCNCc1cc(N)nc2ccccc12. The topological polar surface area (TPSA) is 50.9 Å². The van der Waals surface area contributed by atoms with Crippen LogP contribution >= 0.6 is 0 Å². The molecule has 2 aromatic rings. The average molecular weight is 201 g/mol. The summed E-state index contributed by atoms with van der Waals surface area (Å²) in [6, 6.07) is 10.0. The lowest BCUT2D eigenvalue weighted by Gasteiger charge is -2.07. The molecule has 0 bridgehead atoms. The van der Waals surface area contributed by atoms with Gasteiger partial charge in [0.2, 0.25) is 0 Å². The quantitative estimate of drug-likeness (QED) is 0.797. The molecule has 1 aromatic carbocycles. The van der Waals surface area contributed by atoms with Gasteiger partial charge in [-0.1, -0.05) is 25.1 Å². The van der Waals surface area contributed by atoms with E-state index in [1.807, 2.05) is 24.3 Å². The lowest BCUT2D eigenvalue weighted by molar-refractivity contribution is 0.730. The van der Waals surface area contributed by atoms with Crippen LogP contribution in [0.2, 0.25) is 0 Å². The van der Waals surface area contributed by atoms with Gasteiger partial charge in [-0.15, -0.1) is 0 Å². The zero-order valence-electron chi connectivity index (χ0n) is 8.83. The molecule has 0 radical (unpaired) electrons. The van der Waals surface area contributed by atoms with Crippen molar-refractivity contribution >= 4 is 16.7 Å². The molecule has 1 aromatic heterocycles. The van der Waals surface area contributed by atoms with Gasteiger partial charge in [0.25, 0.3) is 0 Å². The molecule has 3 N–H and O–H groups in total.